The summed E-state index contributed by atoms with van der Waals surface area (Å²) in [7, 11) is 0. The quantitative estimate of drug-likeness (QED) is 0.891. The third kappa shape index (κ3) is 3.44. The molecule has 0 unspecified atom stereocenters. The number of anilines is 1. The topological polar surface area (TPSA) is 48.1 Å². The van der Waals surface area contributed by atoms with Crippen LogP contribution in [0.15, 0.2) is 48.7 Å². The molecule has 0 aliphatic heterocycles. The normalized spacial score (nSPS) is 9.25. The summed E-state index contributed by atoms with van der Waals surface area (Å²) in [6.07, 6.45) is 1.68. The van der Waals surface area contributed by atoms with Crippen LogP contribution in [-0.4, -0.2) is 4.98 Å². The predicted molar refractivity (Wildman–Crippen MR) is 66.7 cm³/mol. The van der Waals surface area contributed by atoms with Gasteiger partial charge in [-0.1, -0.05) is 18.2 Å². The van der Waals surface area contributed by atoms with E-state index >= 15 is 0 Å². The van der Waals surface area contributed by atoms with Crippen LogP contribution in [0.1, 0.15) is 5.56 Å². The molecular formula is C12H13ClN2O. The van der Waals surface area contributed by atoms with Crippen LogP contribution in [0.3, 0.4) is 0 Å². The van der Waals surface area contributed by atoms with Gasteiger partial charge in [0.15, 0.2) is 0 Å². The number of para-hydroxylation sites is 1. The lowest BCUT2D eigenvalue weighted by molar-refractivity contribution is 0.306. The molecule has 0 atom stereocenters. The highest BCUT2D eigenvalue weighted by Gasteiger charge is 1.95. The molecular weight excluding hydrogens is 224 g/mol. The Morgan fingerprint density at radius 2 is 1.88 bits per heavy atom. The highest BCUT2D eigenvalue weighted by atomic mass is 35.5. The minimum absolute atomic E-state index is 0. The molecule has 0 amide bonds. The maximum absolute atomic E-state index is 5.56. The summed E-state index contributed by atoms with van der Waals surface area (Å²) in [6, 6.07) is 13.4. The number of hydrogen-bond acceptors (Lipinski definition) is 3. The van der Waals surface area contributed by atoms with Crippen molar-refractivity contribution in [3.8, 4) is 5.75 Å². The maximum atomic E-state index is 5.56. The van der Waals surface area contributed by atoms with Gasteiger partial charge in [-0.15, -0.1) is 12.4 Å². The first-order valence-corrected chi connectivity index (χ1v) is 4.73. The number of benzene rings is 1. The van der Waals surface area contributed by atoms with E-state index in [1.165, 1.54) is 0 Å². The molecule has 2 rings (SSSR count). The number of ether oxygens (including phenoxy) is 1. The first-order chi connectivity index (χ1) is 7.34. The van der Waals surface area contributed by atoms with Crippen molar-refractivity contribution in [3.63, 3.8) is 0 Å². The van der Waals surface area contributed by atoms with Crippen molar-refractivity contribution in [2.45, 2.75) is 6.61 Å². The van der Waals surface area contributed by atoms with Crippen LogP contribution < -0.4 is 10.5 Å². The van der Waals surface area contributed by atoms with Crippen LogP contribution in [0.2, 0.25) is 0 Å². The monoisotopic (exact) mass is 236 g/mol. The average Bonchev–Trinajstić information content (AvgIpc) is 2.28. The SMILES string of the molecule is Cl.Nc1cc(COc2ccccc2)ccn1. The van der Waals surface area contributed by atoms with Crippen molar-refractivity contribution in [2.75, 3.05) is 5.73 Å². The largest absolute Gasteiger partial charge is 0.489 e. The fourth-order valence-electron chi connectivity index (χ4n) is 1.27. The Balaban J connectivity index is 0.00000128. The van der Waals surface area contributed by atoms with E-state index in [2.05, 4.69) is 4.98 Å². The zero-order chi connectivity index (χ0) is 10.5. The average molecular weight is 237 g/mol. The van der Waals surface area contributed by atoms with Gasteiger partial charge < -0.3 is 10.5 Å². The van der Waals surface area contributed by atoms with Crippen LogP contribution in [0.4, 0.5) is 5.82 Å². The molecule has 1 aromatic carbocycles. The van der Waals surface area contributed by atoms with Gasteiger partial charge in [0.2, 0.25) is 0 Å². The molecule has 0 saturated carbocycles. The molecule has 2 aromatic rings. The Morgan fingerprint density at radius 1 is 1.12 bits per heavy atom. The number of rotatable bonds is 3. The standard InChI is InChI=1S/C12H12N2O.ClH/c13-12-8-10(6-7-14-12)9-15-11-4-2-1-3-5-11;/h1-8H,9H2,(H2,13,14);1H. The van der Waals surface area contributed by atoms with Gasteiger partial charge in [-0.2, -0.15) is 0 Å². The molecule has 0 aliphatic rings. The summed E-state index contributed by atoms with van der Waals surface area (Å²) in [5, 5.41) is 0. The third-order valence-electron chi connectivity index (χ3n) is 1.99. The zero-order valence-electron chi connectivity index (χ0n) is 8.67. The smallest absolute Gasteiger partial charge is 0.123 e. The van der Waals surface area contributed by atoms with Gasteiger partial charge in [-0.25, -0.2) is 4.98 Å². The van der Waals surface area contributed by atoms with Crippen molar-refractivity contribution >= 4 is 18.2 Å². The highest BCUT2D eigenvalue weighted by Crippen LogP contribution is 2.11. The van der Waals surface area contributed by atoms with E-state index in [9.17, 15) is 0 Å². The van der Waals surface area contributed by atoms with E-state index < -0.39 is 0 Å². The van der Waals surface area contributed by atoms with Crippen LogP contribution in [0.5, 0.6) is 5.75 Å². The first-order valence-electron chi connectivity index (χ1n) is 4.73. The lowest BCUT2D eigenvalue weighted by atomic mass is 10.3. The fraction of sp³-hybridized carbons (Fsp3) is 0.0833. The number of nitrogen functional groups attached to an aromatic ring is 1. The Morgan fingerprint density at radius 3 is 2.56 bits per heavy atom. The molecule has 0 saturated heterocycles. The number of aromatic nitrogens is 1. The number of nitrogens with two attached hydrogens (primary N) is 1. The lowest BCUT2D eigenvalue weighted by Gasteiger charge is -2.05. The third-order valence-corrected chi connectivity index (χ3v) is 1.99. The van der Waals surface area contributed by atoms with Crippen LogP contribution in [0, 0.1) is 0 Å². The summed E-state index contributed by atoms with van der Waals surface area (Å²) < 4.78 is 5.56. The molecule has 16 heavy (non-hydrogen) atoms. The number of halogens is 1. The summed E-state index contributed by atoms with van der Waals surface area (Å²) in [5.74, 6) is 1.37. The van der Waals surface area contributed by atoms with Gasteiger partial charge >= 0.3 is 0 Å². The Bertz CT molecular complexity index is 434. The molecule has 2 N–H and O–H groups in total. The van der Waals surface area contributed by atoms with Gasteiger partial charge in [0.1, 0.15) is 18.2 Å². The second-order valence-corrected chi connectivity index (χ2v) is 3.19. The summed E-state index contributed by atoms with van der Waals surface area (Å²) in [5.41, 5.74) is 6.58. The lowest BCUT2D eigenvalue weighted by Crippen LogP contribution is -1.97. The van der Waals surface area contributed by atoms with Gasteiger partial charge in [0, 0.05) is 6.20 Å². The summed E-state index contributed by atoms with van der Waals surface area (Å²) in [4.78, 5) is 3.92. The molecule has 0 fully saturated rings. The number of hydrogen-bond donors (Lipinski definition) is 1. The van der Waals surface area contributed by atoms with Gasteiger partial charge in [0.25, 0.3) is 0 Å². The van der Waals surface area contributed by atoms with Crippen LogP contribution in [0.25, 0.3) is 0 Å². The summed E-state index contributed by atoms with van der Waals surface area (Å²) in [6.45, 7) is 0.511. The van der Waals surface area contributed by atoms with Gasteiger partial charge in [0.05, 0.1) is 0 Å². The van der Waals surface area contributed by atoms with E-state index in [0.29, 0.717) is 12.4 Å². The van der Waals surface area contributed by atoms with E-state index in [1.807, 2.05) is 42.5 Å². The van der Waals surface area contributed by atoms with Crippen molar-refractivity contribution in [3.05, 3.63) is 54.2 Å². The second-order valence-electron chi connectivity index (χ2n) is 3.19. The molecule has 1 heterocycles. The first kappa shape index (κ1) is 12.3. The Kier molecular flexibility index (Phi) is 4.61. The van der Waals surface area contributed by atoms with Gasteiger partial charge in [-0.05, 0) is 29.8 Å². The van der Waals surface area contributed by atoms with Crippen molar-refractivity contribution in [2.24, 2.45) is 0 Å². The highest BCUT2D eigenvalue weighted by molar-refractivity contribution is 5.85. The van der Waals surface area contributed by atoms with Gasteiger partial charge in [-0.3, -0.25) is 0 Å². The minimum atomic E-state index is 0. The molecule has 1 aromatic heterocycles. The van der Waals surface area contributed by atoms with Crippen molar-refractivity contribution in [1.29, 1.82) is 0 Å². The van der Waals surface area contributed by atoms with E-state index in [0.717, 1.165) is 11.3 Å². The molecule has 84 valence electrons. The Hall–Kier alpha value is -1.74. The number of nitrogens with zero attached hydrogens (tertiary/aromatic N) is 1. The molecule has 0 spiro atoms. The summed E-state index contributed by atoms with van der Waals surface area (Å²) >= 11 is 0. The van der Waals surface area contributed by atoms with Crippen molar-refractivity contribution in [1.82, 2.24) is 4.98 Å². The predicted octanol–water partition coefficient (Wildman–Crippen LogP) is 2.66. The zero-order valence-corrected chi connectivity index (χ0v) is 9.48. The van der Waals surface area contributed by atoms with Crippen LogP contribution in [-0.2, 0) is 6.61 Å². The number of pyridine rings is 1. The second kappa shape index (κ2) is 5.98. The fourth-order valence-corrected chi connectivity index (χ4v) is 1.27. The molecule has 0 radical (unpaired) electrons. The van der Waals surface area contributed by atoms with Crippen molar-refractivity contribution < 1.29 is 4.74 Å². The van der Waals surface area contributed by atoms with E-state index in [1.54, 1.807) is 6.20 Å². The molecule has 0 aliphatic carbocycles. The molecule has 3 nitrogen and oxygen atoms in total. The Labute approximate surface area is 101 Å². The van der Waals surface area contributed by atoms with E-state index in [4.69, 9.17) is 10.5 Å². The maximum Gasteiger partial charge on any atom is 0.123 e. The molecule has 0 bridgehead atoms. The minimum Gasteiger partial charge on any atom is -0.489 e. The molecule has 4 heteroatoms. The van der Waals surface area contributed by atoms with Crippen LogP contribution >= 0.6 is 12.4 Å². The van der Waals surface area contributed by atoms with E-state index in [-0.39, 0.29) is 12.4 Å².